The number of carbonyl (C=O) groups is 3. The number of hydrogen-bond acceptors (Lipinski definition) is 12. The van der Waals surface area contributed by atoms with Crippen LogP contribution in [0.4, 0.5) is 31.1 Å². The van der Waals surface area contributed by atoms with Crippen molar-refractivity contribution in [1.82, 2.24) is 39.7 Å². The topological polar surface area (TPSA) is 164 Å². The number of nitrogens with zero attached hydrogens (tertiary/aromatic N) is 8. The van der Waals surface area contributed by atoms with E-state index in [4.69, 9.17) is 14.6 Å². The third kappa shape index (κ3) is 11.1. The Kier molecular flexibility index (Phi) is 15.1. The van der Waals surface area contributed by atoms with E-state index in [-0.39, 0.29) is 29.3 Å². The SMILES string of the molecule is CC(=O)N1CCc2c(c(N3CCCc4cc(-c5cnn(C)c5)c(C(F)F)cc43)nn2C2CCN(CC(=O)NCCOCCOCCNc3ccc(C(=O)Nc4ncc(C)s4)c(C)c3)CC2)C1. The van der Waals surface area contributed by atoms with Crippen molar-refractivity contribution in [2.75, 3.05) is 87.8 Å². The summed E-state index contributed by atoms with van der Waals surface area (Å²) in [4.78, 5) is 49.5. The molecule has 0 aliphatic carbocycles. The van der Waals surface area contributed by atoms with Crippen LogP contribution in [0, 0.1) is 13.8 Å². The van der Waals surface area contributed by atoms with E-state index in [1.807, 2.05) is 36.9 Å². The number of nitrogens with one attached hydrogen (secondary N) is 3. The average molecular weight is 928 g/mol. The first-order valence-electron chi connectivity index (χ1n) is 22.7. The second-order valence-electron chi connectivity index (χ2n) is 17.2. The quantitative estimate of drug-likeness (QED) is 0.0830. The van der Waals surface area contributed by atoms with Gasteiger partial charge in [0.1, 0.15) is 0 Å². The lowest BCUT2D eigenvalue weighted by atomic mass is 9.92. The predicted molar refractivity (Wildman–Crippen MR) is 250 cm³/mol. The molecular weight excluding hydrogens is 869 g/mol. The van der Waals surface area contributed by atoms with Crippen LogP contribution in [0.2, 0.25) is 0 Å². The smallest absolute Gasteiger partial charge is 0.264 e. The first-order chi connectivity index (χ1) is 31.9. The highest BCUT2D eigenvalue weighted by atomic mass is 32.1. The Hall–Kier alpha value is -5.76. The van der Waals surface area contributed by atoms with Gasteiger partial charge in [-0.2, -0.15) is 10.2 Å². The molecule has 66 heavy (non-hydrogen) atoms. The minimum atomic E-state index is -2.68. The number of halogens is 2. The lowest BCUT2D eigenvalue weighted by Crippen LogP contribution is -2.43. The Morgan fingerprint density at radius 3 is 2.44 bits per heavy atom. The molecule has 8 rings (SSSR count). The summed E-state index contributed by atoms with van der Waals surface area (Å²) in [6, 6.07) is 9.23. The molecule has 0 spiro atoms. The molecule has 3 N–H and O–H groups in total. The minimum Gasteiger partial charge on any atom is -0.383 e. The van der Waals surface area contributed by atoms with Gasteiger partial charge in [0.25, 0.3) is 12.3 Å². The Balaban J connectivity index is 0.772. The summed E-state index contributed by atoms with van der Waals surface area (Å²) in [5, 5.41) is 19.2. The Morgan fingerprint density at radius 1 is 0.955 bits per heavy atom. The second kappa shape index (κ2) is 21.3. The fourth-order valence-electron chi connectivity index (χ4n) is 9.11. The number of fused-ring (bicyclic) bond motifs is 2. The molecule has 6 heterocycles. The number of alkyl halides is 2. The Morgan fingerprint density at radius 2 is 1.74 bits per heavy atom. The minimum absolute atomic E-state index is 0.00543. The third-order valence-electron chi connectivity index (χ3n) is 12.5. The molecule has 0 radical (unpaired) electrons. The number of likely N-dealkylation sites (tertiary alicyclic amines) is 1. The number of ether oxygens (including phenoxy) is 2. The summed E-state index contributed by atoms with van der Waals surface area (Å²) < 4.78 is 44.5. The highest BCUT2D eigenvalue weighted by Gasteiger charge is 2.35. The third-order valence-corrected chi connectivity index (χ3v) is 13.3. The summed E-state index contributed by atoms with van der Waals surface area (Å²) in [6.45, 7) is 11.5. The van der Waals surface area contributed by atoms with Gasteiger partial charge in [-0.3, -0.25) is 34.0 Å². The van der Waals surface area contributed by atoms with Gasteiger partial charge in [0.15, 0.2) is 10.9 Å². The fraction of sp³-hybridized carbons (Fsp3) is 0.489. The maximum atomic E-state index is 14.7. The largest absolute Gasteiger partial charge is 0.383 e. The van der Waals surface area contributed by atoms with Gasteiger partial charge >= 0.3 is 0 Å². The normalized spacial score (nSPS) is 15.5. The molecule has 352 valence electrons. The van der Waals surface area contributed by atoms with Gasteiger partial charge in [0.2, 0.25) is 11.8 Å². The fourth-order valence-corrected chi connectivity index (χ4v) is 9.77. The van der Waals surface area contributed by atoms with Gasteiger partial charge in [-0.05, 0) is 86.6 Å². The van der Waals surface area contributed by atoms with E-state index in [0.29, 0.717) is 93.9 Å². The highest BCUT2D eigenvalue weighted by Crippen LogP contribution is 2.43. The van der Waals surface area contributed by atoms with Crippen molar-refractivity contribution in [3.63, 3.8) is 0 Å². The summed E-state index contributed by atoms with van der Waals surface area (Å²) in [5.74, 6) is 0.488. The monoisotopic (exact) mass is 927 g/mol. The van der Waals surface area contributed by atoms with Crippen molar-refractivity contribution in [2.45, 2.75) is 71.9 Å². The number of aromatic nitrogens is 5. The van der Waals surface area contributed by atoms with Gasteiger partial charge in [0.05, 0.1) is 51.8 Å². The average Bonchev–Trinajstić information content (AvgIpc) is 4.04. The van der Waals surface area contributed by atoms with Crippen LogP contribution in [0.25, 0.3) is 11.1 Å². The van der Waals surface area contributed by atoms with E-state index in [1.54, 1.807) is 49.4 Å². The van der Waals surface area contributed by atoms with E-state index in [0.717, 1.165) is 83.2 Å². The number of aryl methyl sites for hydroxylation is 4. The molecule has 0 bridgehead atoms. The summed E-state index contributed by atoms with van der Waals surface area (Å²) in [5.41, 5.74) is 7.26. The van der Waals surface area contributed by atoms with Crippen molar-refractivity contribution in [2.24, 2.45) is 7.05 Å². The second-order valence-corrected chi connectivity index (χ2v) is 18.4. The van der Waals surface area contributed by atoms with E-state index in [1.165, 1.54) is 11.3 Å². The zero-order valence-electron chi connectivity index (χ0n) is 38.1. The predicted octanol–water partition coefficient (Wildman–Crippen LogP) is 6.43. The molecule has 0 atom stereocenters. The summed E-state index contributed by atoms with van der Waals surface area (Å²) in [6.07, 6.45) is 6.30. The van der Waals surface area contributed by atoms with Crippen molar-refractivity contribution < 1.29 is 32.6 Å². The number of anilines is 4. The maximum Gasteiger partial charge on any atom is 0.264 e. The molecule has 5 aromatic rings. The molecule has 2 aromatic carbocycles. The molecule has 3 aliphatic heterocycles. The zero-order valence-corrected chi connectivity index (χ0v) is 38.9. The van der Waals surface area contributed by atoms with Crippen LogP contribution >= 0.6 is 11.3 Å². The van der Waals surface area contributed by atoms with Gasteiger partial charge in [-0.1, -0.05) is 0 Å². The number of hydrogen-bond donors (Lipinski definition) is 3. The van der Waals surface area contributed by atoms with E-state index >= 15 is 0 Å². The molecule has 3 aliphatic rings. The number of amides is 3. The molecule has 0 saturated carbocycles. The van der Waals surface area contributed by atoms with Crippen LogP contribution in [-0.2, 0) is 45.5 Å². The van der Waals surface area contributed by atoms with Crippen molar-refractivity contribution >= 4 is 51.4 Å². The van der Waals surface area contributed by atoms with E-state index in [2.05, 4.69) is 40.5 Å². The van der Waals surface area contributed by atoms with Crippen molar-refractivity contribution in [1.29, 1.82) is 0 Å². The zero-order chi connectivity index (χ0) is 46.3. The van der Waals surface area contributed by atoms with Gasteiger partial charge in [0, 0.05) is 116 Å². The molecule has 1 saturated heterocycles. The lowest BCUT2D eigenvalue weighted by molar-refractivity contribution is -0.129. The molecule has 3 aromatic heterocycles. The van der Waals surface area contributed by atoms with Crippen LogP contribution in [0.1, 0.15) is 81.8 Å². The van der Waals surface area contributed by atoms with Crippen LogP contribution < -0.4 is 20.9 Å². The van der Waals surface area contributed by atoms with Crippen molar-refractivity contribution in [3.8, 4) is 11.1 Å². The standard InChI is InChI=1S/C47H59F2N11O5S/c1-30-22-35(7-8-37(30)46(63)54-47-52-25-31(2)66-47)50-12-18-64-20-21-65-19-13-51-43(62)29-57-15-9-36(10-16-57)60-41-11-17-58(32(3)61)28-40(41)45(55-60)59-14-5-6-33-23-38(34-26-53-56(4)27-34)39(44(48)49)24-42(33)59/h7-8,22-27,36,44,50H,5-6,9-21,28-29H2,1-4H3,(H,51,62)(H,52,54,63). The van der Waals surface area contributed by atoms with Crippen molar-refractivity contribution in [3.05, 3.63) is 87.3 Å². The molecule has 3 amide bonds. The number of rotatable bonds is 18. The molecule has 0 unspecified atom stereocenters. The van der Waals surface area contributed by atoms with Gasteiger partial charge in [-0.15, -0.1) is 11.3 Å². The van der Waals surface area contributed by atoms with Crippen LogP contribution in [0.15, 0.2) is 48.9 Å². The number of thiazole rings is 1. The Bertz CT molecular complexity index is 2520. The van der Waals surface area contributed by atoms with Crippen LogP contribution in [0.3, 0.4) is 0 Å². The summed E-state index contributed by atoms with van der Waals surface area (Å²) in [7, 11) is 1.78. The lowest BCUT2D eigenvalue weighted by Gasteiger charge is -2.33. The van der Waals surface area contributed by atoms with Crippen LogP contribution in [0.5, 0.6) is 0 Å². The number of piperidine rings is 1. The molecular formula is C47H59F2N11O5S. The van der Waals surface area contributed by atoms with E-state index in [9.17, 15) is 23.2 Å². The van der Waals surface area contributed by atoms with E-state index < -0.39 is 6.43 Å². The number of carbonyl (C=O) groups excluding carboxylic acids is 3. The van der Waals surface area contributed by atoms with Crippen LogP contribution in [-0.4, -0.2) is 124 Å². The Labute approximate surface area is 387 Å². The first kappa shape index (κ1) is 46.8. The highest BCUT2D eigenvalue weighted by molar-refractivity contribution is 7.15. The van der Waals surface area contributed by atoms with Gasteiger partial charge in [-0.25, -0.2) is 13.8 Å². The molecule has 16 nitrogen and oxygen atoms in total. The molecule has 1 fully saturated rings. The maximum absolute atomic E-state index is 14.7. The van der Waals surface area contributed by atoms with Gasteiger partial charge < -0.3 is 29.9 Å². The number of benzene rings is 2. The first-order valence-corrected chi connectivity index (χ1v) is 23.5. The summed E-state index contributed by atoms with van der Waals surface area (Å²) >= 11 is 1.44. The molecule has 19 heteroatoms.